The molecular formula is C18H21NO3S2. The van der Waals surface area contributed by atoms with Crippen LogP contribution < -0.4 is 0 Å². The van der Waals surface area contributed by atoms with Crippen LogP contribution in [0.2, 0.25) is 0 Å². The maximum absolute atomic E-state index is 12.2. The van der Waals surface area contributed by atoms with E-state index in [9.17, 15) is 9.59 Å². The fourth-order valence-corrected chi connectivity index (χ4v) is 4.70. The molecule has 1 unspecified atom stereocenters. The van der Waals surface area contributed by atoms with Crippen LogP contribution >= 0.6 is 22.7 Å². The van der Waals surface area contributed by atoms with E-state index in [1.807, 2.05) is 23.6 Å². The lowest BCUT2D eigenvalue weighted by Gasteiger charge is -2.16. The van der Waals surface area contributed by atoms with Crippen molar-refractivity contribution in [3.63, 3.8) is 0 Å². The van der Waals surface area contributed by atoms with Gasteiger partial charge in [-0.15, -0.1) is 22.7 Å². The Labute approximate surface area is 150 Å². The Kier molecular flexibility index (Phi) is 5.36. The molecule has 0 fully saturated rings. The van der Waals surface area contributed by atoms with Gasteiger partial charge in [0.2, 0.25) is 0 Å². The highest BCUT2D eigenvalue weighted by Gasteiger charge is 2.22. The molecule has 1 aliphatic carbocycles. The molecule has 24 heavy (non-hydrogen) atoms. The number of ether oxygens (including phenoxy) is 1. The van der Waals surface area contributed by atoms with Crippen molar-refractivity contribution in [3.05, 3.63) is 43.8 Å². The summed E-state index contributed by atoms with van der Waals surface area (Å²) in [5, 5.41) is 1.98. The third-order valence-electron chi connectivity index (χ3n) is 4.26. The summed E-state index contributed by atoms with van der Waals surface area (Å²) in [6, 6.07) is 5.88. The van der Waals surface area contributed by atoms with Gasteiger partial charge in [-0.3, -0.25) is 4.79 Å². The van der Waals surface area contributed by atoms with Crippen molar-refractivity contribution in [2.45, 2.75) is 32.7 Å². The standard InChI is InChI=1S/C18H21NO3S2/c1-12-5-6-15-13(8-12)9-16(24-15)18(21)22-11-17(20)19(2)10-14-4-3-7-23-14/h3-4,7,9,12H,5-6,8,10-11H2,1-2H3. The van der Waals surface area contributed by atoms with E-state index >= 15 is 0 Å². The van der Waals surface area contributed by atoms with Crippen LogP contribution in [-0.2, 0) is 28.9 Å². The van der Waals surface area contributed by atoms with Crippen molar-refractivity contribution in [1.29, 1.82) is 0 Å². The molecule has 0 saturated heterocycles. The van der Waals surface area contributed by atoms with Crippen molar-refractivity contribution in [2.75, 3.05) is 13.7 Å². The molecule has 0 spiro atoms. The molecule has 2 heterocycles. The highest BCUT2D eigenvalue weighted by atomic mass is 32.1. The van der Waals surface area contributed by atoms with E-state index in [1.54, 1.807) is 23.3 Å². The molecular weight excluding hydrogens is 342 g/mol. The number of amides is 1. The van der Waals surface area contributed by atoms with Crippen LogP contribution in [0, 0.1) is 5.92 Å². The van der Waals surface area contributed by atoms with Crippen molar-refractivity contribution in [1.82, 2.24) is 4.90 Å². The first kappa shape index (κ1) is 17.2. The van der Waals surface area contributed by atoms with Gasteiger partial charge in [-0.05, 0) is 48.3 Å². The van der Waals surface area contributed by atoms with Crippen molar-refractivity contribution < 1.29 is 14.3 Å². The summed E-state index contributed by atoms with van der Waals surface area (Å²) in [5.41, 5.74) is 1.27. The molecule has 3 rings (SSSR count). The number of aryl methyl sites for hydroxylation is 1. The monoisotopic (exact) mass is 363 g/mol. The number of carbonyl (C=O) groups is 2. The first-order chi connectivity index (χ1) is 11.5. The van der Waals surface area contributed by atoms with Crippen LogP contribution in [0.3, 0.4) is 0 Å². The van der Waals surface area contributed by atoms with Gasteiger partial charge < -0.3 is 9.64 Å². The lowest BCUT2D eigenvalue weighted by molar-refractivity contribution is -0.133. The summed E-state index contributed by atoms with van der Waals surface area (Å²) in [6.45, 7) is 2.57. The normalized spacial score (nSPS) is 16.5. The molecule has 0 aromatic carbocycles. The summed E-state index contributed by atoms with van der Waals surface area (Å²) >= 11 is 3.12. The zero-order valence-corrected chi connectivity index (χ0v) is 15.5. The molecule has 1 atom stereocenters. The molecule has 0 saturated carbocycles. The Morgan fingerprint density at radius 2 is 2.25 bits per heavy atom. The SMILES string of the molecule is CC1CCc2sc(C(=O)OCC(=O)N(C)Cc3cccs3)cc2C1. The van der Waals surface area contributed by atoms with E-state index < -0.39 is 0 Å². The van der Waals surface area contributed by atoms with Gasteiger partial charge in [-0.25, -0.2) is 4.79 Å². The van der Waals surface area contributed by atoms with Crippen LogP contribution in [0.1, 0.15) is 38.3 Å². The molecule has 2 aromatic rings. The summed E-state index contributed by atoms with van der Waals surface area (Å²) in [5.74, 6) is 0.0927. The Balaban J connectivity index is 1.52. The maximum Gasteiger partial charge on any atom is 0.348 e. The maximum atomic E-state index is 12.2. The minimum absolute atomic E-state index is 0.188. The molecule has 6 heteroatoms. The van der Waals surface area contributed by atoms with E-state index in [0.29, 0.717) is 17.3 Å². The van der Waals surface area contributed by atoms with E-state index in [4.69, 9.17) is 4.74 Å². The van der Waals surface area contributed by atoms with Gasteiger partial charge >= 0.3 is 5.97 Å². The average molecular weight is 364 g/mol. The predicted molar refractivity (Wildman–Crippen MR) is 96.6 cm³/mol. The molecule has 1 amide bonds. The zero-order chi connectivity index (χ0) is 17.1. The lowest BCUT2D eigenvalue weighted by atomic mass is 9.90. The molecule has 128 valence electrons. The van der Waals surface area contributed by atoms with Gasteiger partial charge in [0.15, 0.2) is 6.61 Å². The second kappa shape index (κ2) is 7.49. The molecule has 2 aromatic heterocycles. The second-order valence-corrected chi connectivity index (χ2v) is 8.48. The average Bonchev–Trinajstić information content (AvgIpc) is 3.20. The van der Waals surface area contributed by atoms with E-state index in [-0.39, 0.29) is 18.5 Å². The summed E-state index contributed by atoms with van der Waals surface area (Å²) in [6.07, 6.45) is 3.24. The van der Waals surface area contributed by atoms with Crippen LogP contribution in [0.4, 0.5) is 0 Å². The lowest BCUT2D eigenvalue weighted by Crippen LogP contribution is -2.30. The van der Waals surface area contributed by atoms with Gasteiger partial charge in [0.1, 0.15) is 4.88 Å². The van der Waals surface area contributed by atoms with Gasteiger partial charge in [-0.2, -0.15) is 0 Å². The molecule has 0 N–H and O–H groups in total. The van der Waals surface area contributed by atoms with Gasteiger partial charge in [0.25, 0.3) is 5.91 Å². The number of esters is 1. The summed E-state index contributed by atoms with van der Waals surface area (Å²) in [7, 11) is 1.72. The Bertz CT molecular complexity index is 721. The van der Waals surface area contributed by atoms with Gasteiger partial charge in [0, 0.05) is 16.8 Å². The third-order valence-corrected chi connectivity index (χ3v) is 6.33. The third kappa shape index (κ3) is 4.05. The molecule has 1 aliphatic rings. The second-order valence-electron chi connectivity index (χ2n) is 6.31. The fraction of sp³-hybridized carbons (Fsp3) is 0.444. The van der Waals surface area contributed by atoms with E-state index in [2.05, 4.69) is 6.92 Å². The number of rotatable bonds is 5. The van der Waals surface area contributed by atoms with Gasteiger partial charge in [-0.1, -0.05) is 13.0 Å². The highest BCUT2D eigenvalue weighted by molar-refractivity contribution is 7.14. The zero-order valence-electron chi connectivity index (χ0n) is 13.9. The molecule has 0 radical (unpaired) electrons. The topological polar surface area (TPSA) is 46.6 Å². The van der Waals surface area contributed by atoms with Crippen LogP contribution in [0.25, 0.3) is 0 Å². The van der Waals surface area contributed by atoms with Gasteiger partial charge in [0.05, 0.1) is 6.54 Å². The Morgan fingerprint density at radius 3 is 3.00 bits per heavy atom. The number of nitrogens with zero attached hydrogens (tertiary/aromatic N) is 1. The first-order valence-corrected chi connectivity index (χ1v) is 9.77. The minimum Gasteiger partial charge on any atom is -0.451 e. The number of carbonyl (C=O) groups excluding carboxylic acids is 2. The number of fused-ring (bicyclic) bond motifs is 1. The minimum atomic E-state index is -0.389. The molecule has 4 nitrogen and oxygen atoms in total. The smallest absolute Gasteiger partial charge is 0.348 e. The fourth-order valence-electron chi connectivity index (χ4n) is 2.84. The van der Waals surface area contributed by atoms with E-state index in [1.165, 1.54) is 28.2 Å². The first-order valence-electron chi connectivity index (χ1n) is 8.08. The highest BCUT2D eigenvalue weighted by Crippen LogP contribution is 2.32. The van der Waals surface area contributed by atoms with Crippen LogP contribution in [-0.4, -0.2) is 30.4 Å². The van der Waals surface area contributed by atoms with Crippen molar-refractivity contribution in [2.24, 2.45) is 5.92 Å². The Hall–Kier alpha value is -1.66. The van der Waals surface area contributed by atoms with E-state index in [0.717, 1.165) is 17.7 Å². The quantitative estimate of drug-likeness (QED) is 0.760. The summed E-state index contributed by atoms with van der Waals surface area (Å²) < 4.78 is 5.22. The molecule has 0 bridgehead atoms. The van der Waals surface area contributed by atoms with Crippen molar-refractivity contribution in [3.8, 4) is 0 Å². The molecule has 0 aliphatic heterocycles. The largest absolute Gasteiger partial charge is 0.451 e. The van der Waals surface area contributed by atoms with Crippen LogP contribution in [0.15, 0.2) is 23.6 Å². The predicted octanol–water partition coefficient (Wildman–Crippen LogP) is 3.75. The van der Waals surface area contributed by atoms with Crippen molar-refractivity contribution >= 4 is 34.6 Å². The van der Waals surface area contributed by atoms with Crippen LogP contribution in [0.5, 0.6) is 0 Å². The number of hydrogen-bond donors (Lipinski definition) is 0. The Morgan fingerprint density at radius 1 is 1.42 bits per heavy atom. The number of thiophene rings is 2. The number of hydrogen-bond acceptors (Lipinski definition) is 5. The summed E-state index contributed by atoms with van der Waals surface area (Å²) in [4.78, 5) is 28.9. The number of likely N-dealkylation sites (N-methyl/N-ethyl adjacent to an activating group) is 1.